The molecule has 184 valence electrons. The second-order valence-corrected chi connectivity index (χ2v) is 10.8. The zero-order chi connectivity index (χ0) is 24.8. The predicted molar refractivity (Wildman–Crippen MR) is 137 cm³/mol. The summed E-state index contributed by atoms with van der Waals surface area (Å²) in [4.78, 5) is 16.8. The van der Waals surface area contributed by atoms with Crippen LogP contribution in [0.4, 0.5) is 5.69 Å². The van der Waals surface area contributed by atoms with Gasteiger partial charge < -0.3 is 14.5 Å². The van der Waals surface area contributed by atoms with Crippen molar-refractivity contribution in [1.29, 1.82) is 0 Å². The van der Waals surface area contributed by atoms with Gasteiger partial charge in [0, 0.05) is 50.5 Å². The van der Waals surface area contributed by atoms with E-state index in [2.05, 4.69) is 4.90 Å². The second kappa shape index (κ2) is 11.1. The minimum Gasteiger partial charge on any atom is -0.484 e. The van der Waals surface area contributed by atoms with Crippen LogP contribution in [0.25, 0.3) is 0 Å². The molecule has 35 heavy (non-hydrogen) atoms. The molecule has 0 saturated carbocycles. The lowest BCUT2D eigenvalue weighted by Gasteiger charge is -2.36. The molecule has 0 unspecified atom stereocenters. The fraction of sp³-hybridized carbons (Fsp3) is 0.269. The fourth-order valence-corrected chi connectivity index (χ4v) is 5.28. The van der Waals surface area contributed by atoms with Gasteiger partial charge in [-0.2, -0.15) is 4.31 Å². The zero-order valence-electron chi connectivity index (χ0n) is 19.5. The van der Waals surface area contributed by atoms with Gasteiger partial charge in [0.05, 0.1) is 4.90 Å². The van der Waals surface area contributed by atoms with Crippen LogP contribution in [0, 0.1) is 0 Å². The van der Waals surface area contributed by atoms with Gasteiger partial charge in [-0.05, 0) is 48.0 Å². The SMILES string of the molecule is CN(Cc1ccccc1)S(=O)(=O)c1ccc(OCC(=O)N2CCN(c3cccc(Cl)c3)CC2)cc1. The Hall–Kier alpha value is -3.07. The standard InChI is InChI=1S/C26H28ClN3O4S/c1-28(19-21-6-3-2-4-7-21)35(32,33)25-12-10-24(11-13-25)34-20-26(31)30-16-14-29(15-17-30)23-9-5-8-22(27)18-23/h2-13,18H,14-17,19-20H2,1H3. The molecule has 7 nitrogen and oxygen atoms in total. The smallest absolute Gasteiger partial charge is 0.260 e. The maximum Gasteiger partial charge on any atom is 0.260 e. The first-order valence-corrected chi connectivity index (χ1v) is 13.2. The van der Waals surface area contributed by atoms with E-state index in [1.165, 1.54) is 16.4 Å². The van der Waals surface area contributed by atoms with Crippen molar-refractivity contribution < 1.29 is 17.9 Å². The number of carbonyl (C=O) groups is 1. The molecule has 0 bridgehead atoms. The highest BCUT2D eigenvalue weighted by Gasteiger charge is 2.23. The number of halogens is 1. The molecule has 1 amide bonds. The third kappa shape index (κ3) is 6.33. The summed E-state index contributed by atoms with van der Waals surface area (Å²) in [6.45, 7) is 2.81. The third-order valence-electron chi connectivity index (χ3n) is 5.95. The van der Waals surface area contributed by atoms with Crippen LogP contribution >= 0.6 is 11.6 Å². The molecule has 1 fully saturated rings. The lowest BCUT2D eigenvalue weighted by molar-refractivity contribution is -0.133. The Labute approximate surface area is 211 Å². The summed E-state index contributed by atoms with van der Waals surface area (Å²) < 4.78 is 32.7. The Morgan fingerprint density at radius 3 is 2.29 bits per heavy atom. The topological polar surface area (TPSA) is 70.2 Å². The average molecular weight is 514 g/mol. The number of benzene rings is 3. The normalized spacial score (nSPS) is 14.3. The Kier molecular flexibility index (Phi) is 7.95. The molecule has 0 aromatic heterocycles. The minimum atomic E-state index is -3.64. The monoisotopic (exact) mass is 513 g/mol. The van der Waals surface area contributed by atoms with Crippen LogP contribution in [-0.2, 0) is 21.4 Å². The molecule has 0 spiro atoms. The maximum absolute atomic E-state index is 12.9. The molecule has 3 aromatic rings. The van der Waals surface area contributed by atoms with Crippen molar-refractivity contribution in [2.45, 2.75) is 11.4 Å². The molecule has 1 saturated heterocycles. The van der Waals surface area contributed by atoms with Gasteiger partial charge in [0.15, 0.2) is 6.61 Å². The molecule has 9 heteroatoms. The van der Waals surface area contributed by atoms with E-state index in [1.807, 2.05) is 54.6 Å². The largest absolute Gasteiger partial charge is 0.484 e. The molecule has 1 aliphatic rings. The summed E-state index contributed by atoms with van der Waals surface area (Å²) in [6.07, 6.45) is 0. The van der Waals surface area contributed by atoms with E-state index in [-0.39, 0.29) is 24.0 Å². The first kappa shape index (κ1) is 25.0. The van der Waals surface area contributed by atoms with Crippen LogP contribution in [0.1, 0.15) is 5.56 Å². The summed E-state index contributed by atoms with van der Waals surface area (Å²) >= 11 is 6.08. The van der Waals surface area contributed by atoms with Crippen LogP contribution in [0.5, 0.6) is 5.75 Å². The highest BCUT2D eigenvalue weighted by Crippen LogP contribution is 2.22. The van der Waals surface area contributed by atoms with E-state index in [1.54, 1.807) is 24.1 Å². The van der Waals surface area contributed by atoms with Crippen molar-refractivity contribution >= 4 is 33.2 Å². The summed E-state index contributed by atoms with van der Waals surface area (Å²) in [7, 11) is -2.09. The molecule has 3 aromatic carbocycles. The molecule has 0 N–H and O–H groups in total. The van der Waals surface area contributed by atoms with Crippen molar-refractivity contribution in [2.24, 2.45) is 0 Å². The number of anilines is 1. The van der Waals surface area contributed by atoms with Gasteiger partial charge in [0.2, 0.25) is 10.0 Å². The van der Waals surface area contributed by atoms with E-state index < -0.39 is 10.0 Å². The van der Waals surface area contributed by atoms with Gasteiger partial charge in [-0.1, -0.05) is 48.0 Å². The number of amides is 1. The highest BCUT2D eigenvalue weighted by atomic mass is 35.5. The Bertz CT molecular complexity index is 1250. The number of rotatable bonds is 8. The van der Waals surface area contributed by atoms with E-state index in [9.17, 15) is 13.2 Å². The molecule has 1 heterocycles. The first-order chi connectivity index (χ1) is 16.8. The van der Waals surface area contributed by atoms with Gasteiger partial charge in [0.25, 0.3) is 5.91 Å². The van der Waals surface area contributed by atoms with E-state index in [4.69, 9.17) is 16.3 Å². The van der Waals surface area contributed by atoms with Crippen molar-refractivity contribution in [1.82, 2.24) is 9.21 Å². The Morgan fingerprint density at radius 2 is 1.63 bits per heavy atom. The number of carbonyl (C=O) groups excluding carboxylic acids is 1. The summed E-state index contributed by atoms with van der Waals surface area (Å²) in [5.41, 5.74) is 1.95. The molecule has 0 aliphatic carbocycles. The van der Waals surface area contributed by atoms with Crippen LogP contribution < -0.4 is 9.64 Å². The van der Waals surface area contributed by atoms with Gasteiger partial charge >= 0.3 is 0 Å². The van der Waals surface area contributed by atoms with Gasteiger partial charge in [-0.25, -0.2) is 8.42 Å². The quantitative estimate of drug-likeness (QED) is 0.457. The summed E-state index contributed by atoms with van der Waals surface area (Å²) in [5.74, 6) is 0.343. The molecular formula is C26H28ClN3O4S. The molecule has 1 aliphatic heterocycles. The van der Waals surface area contributed by atoms with Crippen LogP contribution in [0.15, 0.2) is 83.8 Å². The van der Waals surface area contributed by atoms with E-state index in [0.717, 1.165) is 24.3 Å². The van der Waals surface area contributed by atoms with E-state index in [0.29, 0.717) is 23.9 Å². The molecule has 4 rings (SSSR count). The van der Waals surface area contributed by atoms with Crippen molar-refractivity contribution in [2.75, 3.05) is 44.7 Å². The molecule has 0 radical (unpaired) electrons. The lowest BCUT2D eigenvalue weighted by Crippen LogP contribution is -2.50. The van der Waals surface area contributed by atoms with Crippen LogP contribution in [0.3, 0.4) is 0 Å². The second-order valence-electron chi connectivity index (χ2n) is 8.35. The zero-order valence-corrected chi connectivity index (χ0v) is 21.1. The number of ether oxygens (including phenoxy) is 1. The van der Waals surface area contributed by atoms with E-state index >= 15 is 0 Å². The van der Waals surface area contributed by atoms with Crippen LogP contribution in [-0.4, -0.2) is 63.4 Å². The van der Waals surface area contributed by atoms with Crippen molar-refractivity contribution in [3.05, 3.63) is 89.4 Å². The molecular weight excluding hydrogens is 486 g/mol. The lowest BCUT2D eigenvalue weighted by atomic mass is 10.2. The maximum atomic E-state index is 12.9. The number of piperazine rings is 1. The Balaban J connectivity index is 1.28. The first-order valence-electron chi connectivity index (χ1n) is 11.3. The minimum absolute atomic E-state index is 0.100. The summed E-state index contributed by atoms with van der Waals surface area (Å²) in [5, 5.41) is 0.691. The Morgan fingerprint density at radius 1 is 0.943 bits per heavy atom. The van der Waals surface area contributed by atoms with Gasteiger partial charge in [0.1, 0.15) is 5.75 Å². The van der Waals surface area contributed by atoms with Gasteiger partial charge in [-0.3, -0.25) is 4.79 Å². The number of hydrogen-bond acceptors (Lipinski definition) is 5. The van der Waals surface area contributed by atoms with Gasteiger partial charge in [-0.15, -0.1) is 0 Å². The predicted octanol–water partition coefficient (Wildman–Crippen LogP) is 3.89. The van der Waals surface area contributed by atoms with Crippen molar-refractivity contribution in [3.8, 4) is 5.75 Å². The van der Waals surface area contributed by atoms with Crippen LogP contribution in [0.2, 0.25) is 5.02 Å². The number of nitrogens with zero attached hydrogens (tertiary/aromatic N) is 3. The molecule has 0 atom stereocenters. The fourth-order valence-electron chi connectivity index (χ4n) is 3.94. The van der Waals surface area contributed by atoms with Crippen molar-refractivity contribution in [3.63, 3.8) is 0 Å². The average Bonchev–Trinajstić information content (AvgIpc) is 2.88. The number of hydrogen-bond donors (Lipinski definition) is 0. The highest BCUT2D eigenvalue weighted by molar-refractivity contribution is 7.89. The third-order valence-corrected chi connectivity index (χ3v) is 8.00. The summed E-state index contributed by atoms with van der Waals surface area (Å²) in [6, 6.07) is 23.3. The number of sulfonamides is 1.